The number of hydrogen-bond acceptors (Lipinski definition) is 10. The fourth-order valence-electron chi connectivity index (χ4n) is 8.21. The van der Waals surface area contributed by atoms with Gasteiger partial charge < -0.3 is 5.32 Å². The number of thiazole rings is 2. The van der Waals surface area contributed by atoms with Gasteiger partial charge in [-0.1, -0.05) is 18.2 Å². The second kappa shape index (κ2) is 15.2. The highest BCUT2D eigenvalue weighted by atomic mass is 32.1. The lowest BCUT2D eigenvalue weighted by molar-refractivity contribution is 0.109. The molecule has 10 heteroatoms. The lowest BCUT2D eigenvalue weighted by Gasteiger charge is -2.40. The standard InChI is InChI=1S/C41H44N8S2/c1-26-9-8-19-43-40(26)34-15-6-12-31(48-34)30-11-5-14-33(47-30)39(35-24-50-25-45-35)29-18-20-44-41(27(29)2)37-17-7-16-36(49(37)3)32-13-4-10-28(46-32)23-38-42-21-22-51-38/h4-5,8-11,13-14,18-22,24-25,31,34,36-37,39,48H,6-7,12,15-17,23H2,1-3H3/t31-,34+,36-,37+,39?/m1/s1. The van der Waals surface area contributed by atoms with Crippen LogP contribution in [0.5, 0.6) is 0 Å². The van der Waals surface area contributed by atoms with Crippen LogP contribution in [-0.4, -0.2) is 41.9 Å². The molecule has 0 radical (unpaired) electrons. The molecule has 0 bridgehead atoms. The summed E-state index contributed by atoms with van der Waals surface area (Å²) >= 11 is 3.32. The maximum absolute atomic E-state index is 5.40. The minimum absolute atomic E-state index is 0.0933. The van der Waals surface area contributed by atoms with Crippen molar-refractivity contribution < 1.29 is 0 Å². The molecular formula is C41H44N8S2. The third-order valence-electron chi connectivity index (χ3n) is 10.8. The van der Waals surface area contributed by atoms with E-state index in [-0.39, 0.29) is 30.1 Å². The Hall–Kier alpha value is -4.22. The first-order chi connectivity index (χ1) is 25.0. The van der Waals surface area contributed by atoms with E-state index >= 15 is 0 Å². The molecule has 0 aromatic carbocycles. The summed E-state index contributed by atoms with van der Waals surface area (Å²) in [6, 6.07) is 20.1. The zero-order chi connectivity index (χ0) is 34.7. The van der Waals surface area contributed by atoms with Crippen molar-refractivity contribution in [2.75, 3.05) is 7.05 Å². The monoisotopic (exact) mass is 712 g/mol. The Bertz CT molecular complexity index is 2060. The van der Waals surface area contributed by atoms with Crippen molar-refractivity contribution in [2.45, 2.75) is 88.9 Å². The van der Waals surface area contributed by atoms with Gasteiger partial charge in [-0.25, -0.2) is 9.97 Å². The molecule has 0 spiro atoms. The van der Waals surface area contributed by atoms with E-state index in [1.165, 1.54) is 16.7 Å². The van der Waals surface area contributed by atoms with E-state index in [9.17, 15) is 0 Å². The summed E-state index contributed by atoms with van der Waals surface area (Å²) in [4.78, 5) is 32.2. The maximum atomic E-state index is 5.40. The van der Waals surface area contributed by atoms with Crippen molar-refractivity contribution in [2.24, 2.45) is 0 Å². The smallest absolute Gasteiger partial charge is 0.0984 e. The molecule has 8 nitrogen and oxygen atoms in total. The van der Waals surface area contributed by atoms with Crippen LogP contribution in [0.3, 0.4) is 0 Å². The van der Waals surface area contributed by atoms with Gasteiger partial charge in [0, 0.05) is 47.5 Å². The normalized spacial score (nSPS) is 21.8. The van der Waals surface area contributed by atoms with Crippen LogP contribution >= 0.6 is 22.7 Å². The fraction of sp³-hybridized carbons (Fsp3) is 0.366. The van der Waals surface area contributed by atoms with E-state index in [4.69, 9.17) is 24.9 Å². The molecule has 0 aliphatic carbocycles. The van der Waals surface area contributed by atoms with E-state index in [2.05, 4.69) is 90.0 Å². The van der Waals surface area contributed by atoms with Crippen LogP contribution in [0, 0.1) is 13.8 Å². The third kappa shape index (κ3) is 7.15. The van der Waals surface area contributed by atoms with E-state index in [0.717, 1.165) is 89.8 Å². The number of nitrogens with zero attached hydrogens (tertiary/aromatic N) is 7. The summed E-state index contributed by atoms with van der Waals surface area (Å²) in [6.07, 6.45) is 13.1. The lowest BCUT2D eigenvalue weighted by atomic mass is 9.85. The Morgan fingerprint density at radius 1 is 0.765 bits per heavy atom. The predicted molar refractivity (Wildman–Crippen MR) is 204 cm³/mol. The van der Waals surface area contributed by atoms with Crippen molar-refractivity contribution in [3.05, 3.63) is 151 Å². The number of likely N-dealkylation sites (tertiary alicyclic amines) is 1. The van der Waals surface area contributed by atoms with Gasteiger partial charge in [0.25, 0.3) is 0 Å². The molecule has 51 heavy (non-hydrogen) atoms. The second-order valence-electron chi connectivity index (χ2n) is 13.9. The van der Waals surface area contributed by atoms with E-state index in [1.807, 2.05) is 35.5 Å². The molecule has 2 aliphatic rings. The molecular weight excluding hydrogens is 669 g/mol. The molecule has 0 saturated carbocycles. The minimum atomic E-state index is -0.0933. The van der Waals surface area contributed by atoms with Crippen molar-refractivity contribution in [1.82, 2.24) is 40.1 Å². The number of hydrogen-bond donors (Lipinski definition) is 1. The Labute approximate surface area is 308 Å². The highest BCUT2D eigenvalue weighted by Crippen LogP contribution is 2.43. The summed E-state index contributed by atoms with van der Waals surface area (Å²) in [6.45, 7) is 4.40. The Morgan fingerprint density at radius 3 is 2.43 bits per heavy atom. The maximum Gasteiger partial charge on any atom is 0.0984 e. The van der Waals surface area contributed by atoms with E-state index < -0.39 is 0 Å². The van der Waals surface area contributed by atoms with Gasteiger partial charge in [0.15, 0.2) is 0 Å². The van der Waals surface area contributed by atoms with Crippen LogP contribution in [0.4, 0.5) is 0 Å². The Morgan fingerprint density at radius 2 is 1.59 bits per heavy atom. The number of nitrogens with one attached hydrogen (secondary N) is 1. The summed E-state index contributed by atoms with van der Waals surface area (Å²) in [5.74, 6) is -0.0933. The van der Waals surface area contributed by atoms with Crippen LogP contribution < -0.4 is 5.32 Å². The molecule has 2 saturated heterocycles. The first-order valence-corrected chi connectivity index (χ1v) is 19.9. The van der Waals surface area contributed by atoms with Crippen molar-refractivity contribution >= 4 is 22.7 Å². The largest absolute Gasteiger partial charge is 0.300 e. The average molecular weight is 713 g/mol. The summed E-state index contributed by atoms with van der Waals surface area (Å²) < 4.78 is 0. The zero-order valence-corrected chi connectivity index (χ0v) is 31.1. The van der Waals surface area contributed by atoms with Gasteiger partial charge in [0.05, 0.1) is 68.7 Å². The van der Waals surface area contributed by atoms with Gasteiger partial charge in [-0.2, -0.15) is 0 Å². The van der Waals surface area contributed by atoms with Gasteiger partial charge in [-0.05, 0) is 113 Å². The van der Waals surface area contributed by atoms with E-state index in [1.54, 1.807) is 22.7 Å². The van der Waals surface area contributed by atoms with Gasteiger partial charge in [0.2, 0.25) is 0 Å². The molecule has 6 aromatic heterocycles. The van der Waals surface area contributed by atoms with Gasteiger partial charge in [-0.15, -0.1) is 22.7 Å². The van der Waals surface area contributed by atoms with Crippen molar-refractivity contribution in [1.29, 1.82) is 0 Å². The minimum Gasteiger partial charge on any atom is -0.300 e. The lowest BCUT2D eigenvalue weighted by Crippen LogP contribution is -2.34. The molecule has 8 heterocycles. The number of piperidine rings is 2. The van der Waals surface area contributed by atoms with E-state index in [0.29, 0.717) is 0 Å². The topological polar surface area (TPSA) is 92.6 Å². The molecule has 5 atom stereocenters. The first kappa shape index (κ1) is 33.9. The Balaban J connectivity index is 1.09. The number of rotatable bonds is 9. The first-order valence-electron chi connectivity index (χ1n) is 18.1. The highest BCUT2D eigenvalue weighted by molar-refractivity contribution is 7.09. The van der Waals surface area contributed by atoms with Gasteiger partial charge >= 0.3 is 0 Å². The van der Waals surface area contributed by atoms with Gasteiger partial charge in [-0.3, -0.25) is 24.8 Å². The number of pyridine rings is 4. The Kier molecular flexibility index (Phi) is 10.1. The molecule has 1 N–H and O–H groups in total. The molecule has 6 aromatic rings. The molecule has 2 aliphatic heterocycles. The molecule has 0 amide bonds. The molecule has 8 rings (SSSR count). The summed E-state index contributed by atoms with van der Waals surface area (Å²) in [5.41, 5.74) is 13.2. The van der Waals surface area contributed by atoms with Crippen LogP contribution in [0.2, 0.25) is 0 Å². The zero-order valence-electron chi connectivity index (χ0n) is 29.4. The third-order valence-corrected chi connectivity index (χ3v) is 12.2. The quantitative estimate of drug-likeness (QED) is 0.159. The second-order valence-corrected chi connectivity index (χ2v) is 15.6. The fourth-order valence-corrected chi connectivity index (χ4v) is 9.43. The molecule has 1 unspecified atom stereocenters. The van der Waals surface area contributed by atoms with Crippen molar-refractivity contribution in [3.8, 4) is 0 Å². The SMILES string of the molecule is Cc1cccnc1[C@@H]1CCC[C@H](c2cccc(C(c3cscn3)c3ccnc([C@@H]4CCC[C@H](c5cccc(Cc6nccs6)n5)N4C)c3C)n2)N1. The van der Waals surface area contributed by atoms with Gasteiger partial charge in [0.1, 0.15) is 0 Å². The van der Waals surface area contributed by atoms with Crippen LogP contribution in [0.1, 0.15) is 130 Å². The molecule has 2 fully saturated rings. The summed E-state index contributed by atoms with van der Waals surface area (Å²) in [7, 11) is 2.25. The predicted octanol–water partition coefficient (Wildman–Crippen LogP) is 9.02. The number of aromatic nitrogens is 6. The molecule has 260 valence electrons. The van der Waals surface area contributed by atoms with Crippen LogP contribution in [0.25, 0.3) is 0 Å². The highest BCUT2D eigenvalue weighted by Gasteiger charge is 2.34. The average Bonchev–Trinajstić information content (AvgIpc) is 3.89. The van der Waals surface area contributed by atoms with Crippen molar-refractivity contribution in [3.63, 3.8) is 0 Å². The van der Waals surface area contributed by atoms with Crippen LogP contribution in [0.15, 0.2) is 89.5 Å². The number of aryl methyl sites for hydroxylation is 1. The summed E-state index contributed by atoms with van der Waals surface area (Å²) in [5, 5.41) is 9.20. The van der Waals surface area contributed by atoms with Crippen LogP contribution in [-0.2, 0) is 6.42 Å².